The van der Waals surface area contributed by atoms with E-state index in [1.807, 2.05) is 53.8 Å². The molecular formula is C24H24FN3O2. The van der Waals surface area contributed by atoms with E-state index in [-0.39, 0.29) is 17.8 Å². The second-order valence-corrected chi connectivity index (χ2v) is 7.50. The number of carbonyl (C=O) groups is 1. The lowest BCUT2D eigenvalue weighted by molar-refractivity contribution is -0.126. The van der Waals surface area contributed by atoms with Gasteiger partial charge in [0.2, 0.25) is 5.91 Å². The Bertz CT molecular complexity index is 1100. The first-order valence-electron chi connectivity index (χ1n) is 9.92. The lowest BCUT2D eigenvalue weighted by Crippen LogP contribution is -2.28. The lowest BCUT2D eigenvalue weighted by Gasteiger charge is -2.24. The van der Waals surface area contributed by atoms with Crippen LogP contribution in [0.2, 0.25) is 0 Å². The van der Waals surface area contributed by atoms with E-state index in [0.29, 0.717) is 18.7 Å². The van der Waals surface area contributed by atoms with Gasteiger partial charge in [-0.2, -0.15) is 0 Å². The molecule has 1 amide bonds. The Morgan fingerprint density at radius 1 is 1.20 bits per heavy atom. The Hall–Kier alpha value is -3.41. The first-order chi connectivity index (χ1) is 14.5. The molecule has 4 rings (SSSR count). The number of methoxy groups -OCH3 is 1. The van der Waals surface area contributed by atoms with Gasteiger partial charge in [0.05, 0.1) is 30.9 Å². The summed E-state index contributed by atoms with van der Waals surface area (Å²) in [6, 6.07) is 12.1. The largest absolute Gasteiger partial charge is 0.495 e. The van der Waals surface area contributed by atoms with Gasteiger partial charge < -0.3 is 14.2 Å². The number of benzene rings is 2. The van der Waals surface area contributed by atoms with E-state index in [4.69, 9.17) is 4.74 Å². The Morgan fingerprint density at radius 2 is 1.97 bits per heavy atom. The molecule has 1 aliphatic heterocycles. The van der Waals surface area contributed by atoms with Gasteiger partial charge in [-0.05, 0) is 61.7 Å². The van der Waals surface area contributed by atoms with Gasteiger partial charge in [0, 0.05) is 18.3 Å². The van der Waals surface area contributed by atoms with Crippen molar-refractivity contribution in [1.29, 1.82) is 0 Å². The van der Waals surface area contributed by atoms with Crippen molar-refractivity contribution < 1.29 is 13.9 Å². The zero-order valence-electron chi connectivity index (χ0n) is 17.3. The maximum Gasteiger partial charge on any atom is 0.250 e. The number of halogens is 1. The highest BCUT2D eigenvalue weighted by molar-refractivity contribution is 6.00. The molecule has 0 unspecified atom stereocenters. The second kappa shape index (κ2) is 8.14. The van der Waals surface area contributed by atoms with E-state index < -0.39 is 0 Å². The number of carbonyl (C=O) groups excluding carboxylic acids is 1. The van der Waals surface area contributed by atoms with Crippen LogP contribution in [0.5, 0.6) is 5.75 Å². The fourth-order valence-electron chi connectivity index (χ4n) is 3.81. The molecule has 0 radical (unpaired) electrons. The molecule has 2 heterocycles. The van der Waals surface area contributed by atoms with Crippen LogP contribution in [0.15, 0.2) is 60.6 Å². The van der Waals surface area contributed by atoms with Crippen LogP contribution in [0, 0.1) is 12.7 Å². The third-order valence-corrected chi connectivity index (χ3v) is 5.51. The van der Waals surface area contributed by atoms with Crippen molar-refractivity contribution in [2.45, 2.75) is 26.3 Å². The smallest absolute Gasteiger partial charge is 0.250 e. The van der Waals surface area contributed by atoms with E-state index in [0.717, 1.165) is 28.1 Å². The fourth-order valence-corrected chi connectivity index (χ4v) is 3.81. The molecule has 1 saturated heterocycles. The Labute approximate surface area is 175 Å². The standard InChI is InChI=1S/C24H24FN3O2/c1-16-14-27(15-26-16)22-9-4-18(13-23(22)30-3)12-20-10-11-28(24(20)29)17(2)19-5-7-21(25)8-6-19/h4-9,12-15,17H,10-11H2,1-3H3/b20-12+/t17-/m0/s1. The van der Waals surface area contributed by atoms with Crippen molar-refractivity contribution in [3.63, 3.8) is 0 Å². The molecule has 6 heteroatoms. The Kier molecular flexibility index (Phi) is 5.40. The second-order valence-electron chi connectivity index (χ2n) is 7.50. The first-order valence-corrected chi connectivity index (χ1v) is 9.92. The number of likely N-dealkylation sites (tertiary alicyclic amines) is 1. The molecule has 154 valence electrons. The van der Waals surface area contributed by atoms with E-state index >= 15 is 0 Å². The van der Waals surface area contributed by atoms with Crippen LogP contribution in [-0.4, -0.2) is 34.0 Å². The molecule has 1 aliphatic rings. The summed E-state index contributed by atoms with van der Waals surface area (Å²) in [7, 11) is 1.63. The molecule has 0 bridgehead atoms. The lowest BCUT2D eigenvalue weighted by atomic mass is 10.1. The number of hydrogen-bond donors (Lipinski definition) is 0. The van der Waals surface area contributed by atoms with Gasteiger partial charge in [-0.15, -0.1) is 0 Å². The van der Waals surface area contributed by atoms with E-state index in [1.165, 1.54) is 12.1 Å². The average Bonchev–Trinajstić information content (AvgIpc) is 3.34. The molecule has 0 saturated carbocycles. The highest BCUT2D eigenvalue weighted by Crippen LogP contribution is 2.31. The molecule has 2 aromatic carbocycles. The average molecular weight is 405 g/mol. The summed E-state index contributed by atoms with van der Waals surface area (Å²) in [4.78, 5) is 19.1. The summed E-state index contributed by atoms with van der Waals surface area (Å²) in [5.74, 6) is 0.450. The number of ether oxygens (including phenoxy) is 1. The number of imidazole rings is 1. The number of nitrogens with zero attached hydrogens (tertiary/aromatic N) is 3. The molecule has 0 aliphatic carbocycles. The van der Waals surface area contributed by atoms with Gasteiger partial charge in [-0.25, -0.2) is 9.37 Å². The summed E-state index contributed by atoms with van der Waals surface area (Å²) in [5.41, 5.74) is 4.41. The van der Waals surface area contributed by atoms with Crippen LogP contribution in [0.4, 0.5) is 4.39 Å². The summed E-state index contributed by atoms with van der Waals surface area (Å²) in [5, 5.41) is 0. The number of amides is 1. The van der Waals surface area contributed by atoms with Crippen molar-refractivity contribution in [3.05, 3.63) is 83.2 Å². The van der Waals surface area contributed by atoms with Gasteiger partial charge in [-0.3, -0.25) is 4.79 Å². The fraction of sp³-hybridized carbons (Fsp3) is 0.250. The number of aromatic nitrogens is 2. The Balaban J connectivity index is 1.56. The number of hydrogen-bond acceptors (Lipinski definition) is 3. The number of aryl methyl sites for hydroxylation is 1. The van der Waals surface area contributed by atoms with Crippen molar-refractivity contribution in [2.24, 2.45) is 0 Å². The molecule has 0 N–H and O–H groups in total. The van der Waals surface area contributed by atoms with Crippen molar-refractivity contribution in [2.75, 3.05) is 13.7 Å². The topological polar surface area (TPSA) is 47.4 Å². The quantitative estimate of drug-likeness (QED) is 0.578. The van der Waals surface area contributed by atoms with Crippen molar-refractivity contribution in [3.8, 4) is 11.4 Å². The molecule has 1 atom stereocenters. The maximum atomic E-state index is 13.2. The van der Waals surface area contributed by atoms with Gasteiger partial charge >= 0.3 is 0 Å². The van der Waals surface area contributed by atoms with Crippen molar-refractivity contribution >= 4 is 12.0 Å². The zero-order chi connectivity index (χ0) is 21.3. The van der Waals surface area contributed by atoms with Crippen LogP contribution in [0.25, 0.3) is 11.8 Å². The molecular weight excluding hydrogens is 381 g/mol. The third-order valence-electron chi connectivity index (χ3n) is 5.51. The minimum atomic E-state index is -0.275. The van der Waals surface area contributed by atoms with E-state index in [1.54, 1.807) is 25.6 Å². The minimum Gasteiger partial charge on any atom is -0.495 e. The highest BCUT2D eigenvalue weighted by atomic mass is 19.1. The monoisotopic (exact) mass is 405 g/mol. The van der Waals surface area contributed by atoms with Crippen LogP contribution < -0.4 is 4.74 Å². The first kappa shape index (κ1) is 19.9. The summed E-state index contributed by atoms with van der Waals surface area (Å²) in [6.45, 7) is 4.55. The van der Waals surface area contributed by atoms with Crippen LogP contribution in [0.1, 0.15) is 36.2 Å². The summed E-state index contributed by atoms with van der Waals surface area (Å²) in [6.07, 6.45) is 6.28. The number of rotatable bonds is 5. The molecule has 1 aromatic heterocycles. The zero-order valence-corrected chi connectivity index (χ0v) is 17.3. The minimum absolute atomic E-state index is 0.0140. The Morgan fingerprint density at radius 3 is 2.63 bits per heavy atom. The summed E-state index contributed by atoms with van der Waals surface area (Å²) >= 11 is 0. The third kappa shape index (κ3) is 3.85. The SMILES string of the molecule is COc1cc(/C=C2\CCN([C@@H](C)c3ccc(F)cc3)C2=O)ccc1-n1cnc(C)c1. The molecule has 3 aromatic rings. The molecule has 5 nitrogen and oxygen atoms in total. The highest BCUT2D eigenvalue weighted by Gasteiger charge is 2.30. The van der Waals surface area contributed by atoms with Gasteiger partial charge in [0.25, 0.3) is 0 Å². The van der Waals surface area contributed by atoms with Crippen LogP contribution in [-0.2, 0) is 4.79 Å². The normalized spacial score (nSPS) is 16.3. The molecule has 1 fully saturated rings. The van der Waals surface area contributed by atoms with Gasteiger partial charge in [-0.1, -0.05) is 18.2 Å². The van der Waals surface area contributed by atoms with E-state index in [2.05, 4.69) is 4.98 Å². The van der Waals surface area contributed by atoms with Crippen LogP contribution in [0.3, 0.4) is 0 Å². The maximum absolute atomic E-state index is 13.2. The predicted octanol–water partition coefficient (Wildman–Crippen LogP) is 4.71. The van der Waals surface area contributed by atoms with E-state index in [9.17, 15) is 9.18 Å². The predicted molar refractivity (Wildman–Crippen MR) is 114 cm³/mol. The molecule has 30 heavy (non-hydrogen) atoms. The van der Waals surface area contributed by atoms with Crippen LogP contribution >= 0.6 is 0 Å². The summed E-state index contributed by atoms with van der Waals surface area (Å²) < 4.78 is 20.7. The van der Waals surface area contributed by atoms with Gasteiger partial charge in [0.15, 0.2) is 0 Å². The van der Waals surface area contributed by atoms with Gasteiger partial charge in [0.1, 0.15) is 11.6 Å². The molecule has 0 spiro atoms. The van der Waals surface area contributed by atoms with Crippen molar-refractivity contribution in [1.82, 2.24) is 14.5 Å².